The van der Waals surface area contributed by atoms with E-state index in [4.69, 9.17) is 5.11 Å². The molecule has 1 amide bonds. The highest BCUT2D eigenvalue weighted by Gasteiger charge is 2.30. The van der Waals surface area contributed by atoms with E-state index >= 15 is 0 Å². The van der Waals surface area contributed by atoms with Gasteiger partial charge in [0.15, 0.2) is 0 Å². The molecule has 2 rings (SSSR count). The van der Waals surface area contributed by atoms with Crippen LogP contribution in [0.25, 0.3) is 0 Å². The van der Waals surface area contributed by atoms with Crippen molar-refractivity contribution in [2.75, 3.05) is 32.1 Å². The molecule has 1 aromatic carbocycles. The molecule has 0 saturated carbocycles. The van der Waals surface area contributed by atoms with Crippen molar-refractivity contribution < 1.29 is 14.8 Å². The van der Waals surface area contributed by atoms with Gasteiger partial charge < -0.3 is 15.3 Å². The highest BCUT2D eigenvalue weighted by Crippen LogP contribution is 2.27. The monoisotopic (exact) mass is 293 g/mol. The van der Waals surface area contributed by atoms with Crippen LogP contribution in [0.1, 0.15) is 23.2 Å². The molecule has 0 aromatic heterocycles. The second-order valence-corrected chi connectivity index (χ2v) is 5.16. The number of carbonyl (C=O) groups is 1. The fraction of sp³-hybridized carbons (Fsp3) is 0.500. The average molecular weight is 293 g/mol. The predicted molar refractivity (Wildman–Crippen MR) is 78.4 cm³/mol. The molecule has 1 heterocycles. The maximum atomic E-state index is 12.5. The van der Waals surface area contributed by atoms with Crippen LogP contribution in [0.5, 0.6) is 0 Å². The van der Waals surface area contributed by atoms with Crippen molar-refractivity contribution in [1.29, 1.82) is 0 Å². The van der Waals surface area contributed by atoms with Crippen LogP contribution in [0.3, 0.4) is 0 Å². The highest BCUT2D eigenvalue weighted by molar-refractivity contribution is 5.99. The number of anilines is 1. The highest BCUT2D eigenvalue weighted by atomic mass is 16.6. The topological polar surface area (TPSA) is 95.7 Å². The van der Waals surface area contributed by atoms with Gasteiger partial charge in [0.2, 0.25) is 0 Å². The SMILES string of the molecule is CNc1ccc([N+](=O)[O-])c(C(=O)N2CCC(CCO)C2)c1. The number of nitro groups is 1. The van der Waals surface area contributed by atoms with Crippen molar-refractivity contribution in [2.24, 2.45) is 5.92 Å². The first-order valence-corrected chi connectivity index (χ1v) is 6.93. The molecule has 1 saturated heterocycles. The minimum absolute atomic E-state index is 0.0993. The summed E-state index contributed by atoms with van der Waals surface area (Å²) in [5.41, 5.74) is 0.594. The molecule has 21 heavy (non-hydrogen) atoms. The Hall–Kier alpha value is -2.15. The number of nitrogens with zero attached hydrogens (tertiary/aromatic N) is 2. The molecule has 114 valence electrons. The first kappa shape index (κ1) is 15.2. The Balaban J connectivity index is 2.24. The van der Waals surface area contributed by atoms with E-state index in [2.05, 4.69) is 5.32 Å². The van der Waals surface area contributed by atoms with Crippen molar-refractivity contribution in [2.45, 2.75) is 12.8 Å². The van der Waals surface area contributed by atoms with E-state index in [1.807, 2.05) is 0 Å². The molecule has 1 atom stereocenters. The second kappa shape index (κ2) is 6.53. The van der Waals surface area contributed by atoms with Gasteiger partial charge in [0, 0.05) is 38.5 Å². The van der Waals surface area contributed by atoms with Gasteiger partial charge in [-0.15, -0.1) is 0 Å². The number of aliphatic hydroxyl groups is 1. The van der Waals surface area contributed by atoms with Crippen molar-refractivity contribution in [3.8, 4) is 0 Å². The fourth-order valence-electron chi connectivity index (χ4n) is 2.63. The number of hydrogen-bond acceptors (Lipinski definition) is 5. The van der Waals surface area contributed by atoms with Crippen molar-refractivity contribution in [3.63, 3.8) is 0 Å². The normalized spacial score (nSPS) is 17.8. The standard InChI is InChI=1S/C14H19N3O4/c1-15-11-2-3-13(17(20)21)12(8-11)14(19)16-6-4-10(9-16)5-7-18/h2-3,8,10,15,18H,4-7,9H2,1H3. The molecule has 1 unspecified atom stereocenters. The van der Waals surface area contributed by atoms with E-state index in [9.17, 15) is 14.9 Å². The van der Waals surface area contributed by atoms with Crippen LogP contribution in [0.2, 0.25) is 0 Å². The zero-order chi connectivity index (χ0) is 15.4. The molecule has 1 aromatic rings. The Morgan fingerprint density at radius 1 is 1.57 bits per heavy atom. The lowest BCUT2D eigenvalue weighted by Crippen LogP contribution is -2.29. The molecule has 7 heteroatoms. The Labute approximate surface area is 122 Å². The first-order chi connectivity index (χ1) is 10.1. The molecule has 0 radical (unpaired) electrons. The number of carbonyl (C=O) groups excluding carboxylic acids is 1. The Morgan fingerprint density at radius 2 is 2.33 bits per heavy atom. The first-order valence-electron chi connectivity index (χ1n) is 6.93. The van der Waals surface area contributed by atoms with Crippen LogP contribution in [-0.2, 0) is 0 Å². The summed E-state index contributed by atoms with van der Waals surface area (Å²) in [7, 11) is 1.70. The molecular formula is C14H19N3O4. The van der Waals surface area contributed by atoms with Crippen LogP contribution in [0.15, 0.2) is 18.2 Å². The van der Waals surface area contributed by atoms with Gasteiger partial charge in [0.05, 0.1) is 4.92 Å². The minimum Gasteiger partial charge on any atom is -0.396 e. The number of amides is 1. The summed E-state index contributed by atoms with van der Waals surface area (Å²) < 4.78 is 0. The molecule has 0 bridgehead atoms. The Kier molecular flexibility index (Phi) is 4.74. The van der Waals surface area contributed by atoms with E-state index in [0.717, 1.165) is 6.42 Å². The summed E-state index contributed by atoms with van der Waals surface area (Å²) in [4.78, 5) is 24.7. The Morgan fingerprint density at radius 3 is 2.95 bits per heavy atom. The van der Waals surface area contributed by atoms with Crippen molar-refractivity contribution >= 4 is 17.3 Å². The van der Waals surface area contributed by atoms with Crippen molar-refractivity contribution in [3.05, 3.63) is 33.9 Å². The molecule has 0 aliphatic carbocycles. The van der Waals surface area contributed by atoms with E-state index in [1.165, 1.54) is 12.1 Å². The summed E-state index contributed by atoms with van der Waals surface area (Å²) >= 11 is 0. The number of likely N-dealkylation sites (tertiary alicyclic amines) is 1. The fourth-order valence-corrected chi connectivity index (χ4v) is 2.63. The van der Waals surface area contributed by atoms with Crippen LogP contribution in [-0.4, -0.2) is 47.6 Å². The molecule has 1 fully saturated rings. The van der Waals surface area contributed by atoms with Crippen LogP contribution in [0, 0.1) is 16.0 Å². The second-order valence-electron chi connectivity index (χ2n) is 5.16. The molecule has 7 nitrogen and oxygen atoms in total. The smallest absolute Gasteiger partial charge is 0.282 e. The summed E-state index contributed by atoms with van der Waals surface area (Å²) in [6, 6.07) is 4.44. The predicted octanol–water partition coefficient (Wildman–Crippen LogP) is 1.48. The lowest BCUT2D eigenvalue weighted by molar-refractivity contribution is -0.385. The molecule has 1 aliphatic rings. The van der Waals surface area contributed by atoms with Crippen LogP contribution >= 0.6 is 0 Å². The van der Waals surface area contributed by atoms with Gasteiger partial charge >= 0.3 is 0 Å². The van der Waals surface area contributed by atoms with Gasteiger partial charge in [-0.2, -0.15) is 0 Å². The van der Waals surface area contributed by atoms with Crippen molar-refractivity contribution in [1.82, 2.24) is 4.90 Å². The largest absolute Gasteiger partial charge is 0.396 e. The third-order valence-electron chi connectivity index (χ3n) is 3.82. The van der Waals surface area contributed by atoms with Gasteiger partial charge in [-0.05, 0) is 30.9 Å². The number of benzene rings is 1. The number of nitro benzene ring substituents is 1. The quantitative estimate of drug-likeness (QED) is 0.633. The Bertz CT molecular complexity index is 547. The van der Waals surface area contributed by atoms with Gasteiger partial charge in [-0.3, -0.25) is 14.9 Å². The maximum absolute atomic E-state index is 12.5. The summed E-state index contributed by atoms with van der Waals surface area (Å²) in [6.45, 7) is 1.22. The van der Waals surface area contributed by atoms with Gasteiger partial charge in [-0.25, -0.2) is 0 Å². The summed E-state index contributed by atoms with van der Waals surface area (Å²) in [5, 5.41) is 22.9. The summed E-state index contributed by atoms with van der Waals surface area (Å²) in [5.74, 6) is -0.0512. The molecule has 2 N–H and O–H groups in total. The average Bonchev–Trinajstić information content (AvgIpc) is 2.94. The van der Waals surface area contributed by atoms with E-state index in [0.29, 0.717) is 25.2 Å². The zero-order valence-electron chi connectivity index (χ0n) is 11.9. The molecule has 0 spiro atoms. The number of rotatable bonds is 5. The van der Waals surface area contributed by atoms with E-state index < -0.39 is 4.92 Å². The molecule has 1 aliphatic heterocycles. The molecular weight excluding hydrogens is 274 g/mol. The third-order valence-corrected chi connectivity index (χ3v) is 3.82. The number of aliphatic hydroxyl groups excluding tert-OH is 1. The van der Waals surface area contributed by atoms with E-state index in [-0.39, 0.29) is 29.7 Å². The lowest BCUT2D eigenvalue weighted by atomic mass is 10.1. The number of nitrogens with one attached hydrogen (secondary N) is 1. The van der Waals surface area contributed by atoms with Gasteiger partial charge in [-0.1, -0.05) is 0 Å². The van der Waals surface area contributed by atoms with Crippen LogP contribution < -0.4 is 5.32 Å². The third kappa shape index (κ3) is 3.30. The van der Waals surface area contributed by atoms with E-state index in [1.54, 1.807) is 18.0 Å². The van der Waals surface area contributed by atoms with Gasteiger partial charge in [0.25, 0.3) is 11.6 Å². The summed E-state index contributed by atoms with van der Waals surface area (Å²) in [6.07, 6.45) is 1.48. The maximum Gasteiger partial charge on any atom is 0.282 e. The zero-order valence-corrected chi connectivity index (χ0v) is 11.9. The van der Waals surface area contributed by atoms with Crippen LogP contribution in [0.4, 0.5) is 11.4 Å². The number of hydrogen-bond donors (Lipinski definition) is 2. The lowest BCUT2D eigenvalue weighted by Gasteiger charge is -2.17. The van der Waals surface area contributed by atoms with Gasteiger partial charge in [0.1, 0.15) is 5.56 Å². The minimum atomic E-state index is -0.534.